The first kappa shape index (κ1) is 12.1. The number of alkyl halides is 1. The largest absolute Gasteiger partial charge is 0.327 e. The Morgan fingerprint density at radius 3 is 2.20 bits per heavy atom. The third-order valence-corrected chi connectivity index (χ3v) is 2.42. The van der Waals surface area contributed by atoms with Crippen LogP contribution in [0.4, 0.5) is 8.78 Å². The molecule has 0 aliphatic rings. The van der Waals surface area contributed by atoms with Crippen molar-refractivity contribution in [1.82, 2.24) is 0 Å². The summed E-state index contributed by atoms with van der Waals surface area (Å²) in [6, 6.07) is 5.45. The maximum Gasteiger partial charge on any atom is 0.148 e. The van der Waals surface area contributed by atoms with Crippen molar-refractivity contribution >= 4 is 0 Å². The minimum atomic E-state index is -1.54. The van der Waals surface area contributed by atoms with Gasteiger partial charge >= 0.3 is 0 Å². The Morgan fingerprint density at radius 1 is 1.27 bits per heavy atom. The summed E-state index contributed by atoms with van der Waals surface area (Å²) in [6.07, 6.45) is 0.356. The van der Waals surface area contributed by atoms with Gasteiger partial charge in [-0.1, -0.05) is 26.0 Å². The smallest absolute Gasteiger partial charge is 0.148 e. The van der Waals surface area contributed by atoms with Gasteiger partial charge in [0.05, 0.1) is 0 Å². The molecule has 1 aromatic rings. The molecule has 0 amide bonds. The number of rotatable bonds is 4. The summed E-state index contributed by atoms with van der Waals surface area (Å²) in [5.41, 5.74) is 4.38. The van der Waals surface area contributed by atoms with Crippen molar-refractivity contribution in [2.75, 3.05) is 6.54 Å². The first-order valence-corrected chi connectivity index (χ1v) is 5.13. The molecule has 0 fully saturated rings. The third-order valence-electron chi connectivity index (χ3n) is 2.42. The van der Waals surface area contributed by atoms with Gasteiger partial charge in [-0.05, 0) is 30.0 Å². The Balaban J connectivity index is 2.95. The highest BCUT2D eigenvalue weighted by Gasteiger charge is 2.31. The van der Waals surface area contributed by atoms with Crippen LogP contribution in [0.5, 0.6) is 0 Å². The second kappa shape index (κ2) is 4.71. The molecule has 1 aromatic carbocycles. The quantitative estimate of drug-likeness (QED) is 0.817. The first-order chi connectivity index (χ1) is 6.98. The van der Waals surface area contributed by atoms with E-state index in [0.717, 1.165) is 0 Å². The zero-order valence-electron chi connectivity index (χ0n) is 9.13. The second-order valence-electron chi connectivity index (χ2n) is 4.27. The molecule has 0 aromatic heterocycles. The Morgan fingerprint density at radius 2 is 1.80 bits per heavy atom. The molecular weight excluding hydrogens is 196 g/mol. The summed E-state index contributed by atoms with van der Waals surface area (Å²) in [5, 5.41) is 0. The lowest BCUT2D eigenvalue weighted by Crippen LogP contribution is -2.31. The van der Waals surface area contributed by atoms with Crippen molar-refractivity contribution in [2.45, 2.75) is 25.9 Å². The average Bonchev–Trinajstić information content (AvgIpc) is 2.17. The Bertz CT molecular complexity index is 308. The van der Waals surface area contributed by atoms with Crippen LogP contribution in [0.2, 0.25) is 0 Å². The maximum absolute atomic E-state index is 14.4. The number of hydrogen-bond acceptors (Lipinski definition) is 1. The lowest BCUT2D eigenvalue weighted by Gasteiger charge is -2.26. The predicted octanol–water partition coefficient (Wildman–Crippen LogP) is 3.00. The molecule has 0 radical (unpaired) electrons. The molecule has 2 N–H and O–H groups in total. The summed E-state index contributed by atoms with van der Waals surface area (Å²) in [7, 11) is 0. The number of hydrogen-bond donors (Lipinski definition) is 1. The molecule has 84 valence electrons. The van der Waals surface area contributed by atoms with E-state index >= 15 is 0 Å². The van der Waals surface area contributed by atoms with Crippen LogP contribution < -0.4 is 5.73 Å². The van der Waals surface area contributed by atoms with Gasteiger partial charge < -0.3 is 5.73 Å². The van der Waals surface area contributed by atoms with Crippen molar-refractivity contribution in [3.63, 3.8) is 0 Å². The van der Waals surface area contributed by atoms with Crippen LogP contribution in [0.1, 0.15) is 25.8 Å². The molecule has 1 nitrogen and oxygen atoms in total. The van der Waals surface area contributed by atoms with Crippen molar-refractivity contribution < 1.29 is 8.78 Å². The lowest BCUT2D eigenvalue weighted by molar-refractivity contribution is 0.140. The Labute approximate surface area is 89.3 Å². The summed E-state index contributed by atoms with van der Waals surface area (Å²) < 4.78 is 27.1. The summed E-state index contributed by atoms with van der Waals surface area (Å²) >= 11 is 0. The van der Waals surface area contributed by atoms with E-state index in [1.54, 1.807) is 0 Å². The molecule has 0 saturated carbocycles. The topological polar surface area (TPSA) is 26.0 Å². The van der Waals surface area contributed by atoms with E-state index in [1.807, 2.05) is 13.8 Å². The fraction of sp³-hybridized carbons (Fsp3) is 0.500. The van der Waals surface area contributed by atoms with Gasteiger partial charge in [-0.25, -0.2) is 8.78 Å². The van der Waals surface area contributed by atoms with Crippen LogP contribution in [0.15, 0.2) is 24.3 Å². The fourth-order valence-electron chi connectivity index (χ4n) is 1.71. The van der Waals surface area contributed by atoms with Crippen molar-refractivity contribution in [3.05, 3.63) is 35.6 Å². The minimum Gasteiger partial charge on any atom is -0.327 e. The molecule has 0 saturated heterocycles. The SMILES string of the molecule is CC(C)CC(F)(CN)c1ccc(F)cc1. The van der Waals surface area contributed by atoms with Crippen LogP contribution in [-0.4, -0.2) is 6.54 Å². The first-order valence-electron chi connectivity index (χ1n) is 5.13. The number of benzene rings is 1. The van der Waals surface area contributed by atoms with Crippen LogP contribution in [0.25, 0.3) is 0 Å². The second-order valence-corrected chi connectivity index (χ2v) is 4.27. The highest BCUT2D eigenvalue weighted by atomic mass is 19.1. The molecular formula is C12H17F2N. The van der Waals surface area contributed by atoms with E-state index in [-0.39, 0.29) is 18.3 Å². The third kappa shape index (κ3) is 2.99. The molecule has 1 rings (SSSR count). The molecule has 3 heteroatoms. The van der Waals surface area contributed by atoms with Crippen LogP contribution in [0, 0.1) is 11.7 Å². The Kier molecular flexibility index (Phi) is 3.80. The van der Waals surface area contributed by atoms with E-state index in [2.05, 4.69) is 0 Å². The molecule has 0 bridgehead atoms. The highest BCUT2D eigenvalue weighted by Crippen LogP contribution is 2.31. The van der Waals surface area contributed by atoms with Gasteiger partial charge in [-0.3, -0.25) is 0 Å². The molecule has 0 heterocycles. The van der Waals surface area contributed by atoms with Crippen LogP contribution in [0.3, 0.4) is 0 Å². The van der Waals surface area contributed by atoms with Gasteiger partial charge in [0.2, 0.25) is 0 Å². The maximum atomic E-state index is 14.4. The van der Waals surface area contributed by atoms with Crippen molar-refractivity contribution in [1.29, 1.82) is 0 Å². The molecule has 0 aliphatic carbocycles. The van der Waals surface area contributed by atoms with E-state index in [1.165, 1.54) is 24.3 Å². The summed E-state index contributed by atoms with van der Waals surface area (Å²) in [4.78, 5) is 0. The van der Waals surface area contributed by atoms with Gasteiger partial charge in [0.1, 0.15) is 11.5 Å². The number of halogens is 2. The standard InChI is InChI=1S/C12H17F2N/c1-9(2)7-12(14,8-15)10-3-5-11(13)6-4-10/h3-6,9H,7-8,15H2,1-2H3. The Hall–Kier alpha value is -0.960. The van der Waals surface area contributed by atoms with Crippen LogP contribution >= 0.6 is 0 Å². The lowest BCUT2D eigenvalue weighted by atomic mass is 9.87. The van der Waals surface area contributed by atoms with Gasteiger partial charge in [-0.15, -0.1) is 0 Å². The molecule has 0 spiro atoms. The van der Waals surface area contributed by atoms with E-state index in [9.17, 15) is 8.78 Å². The monoisotopic (exact) mass is 213 g/mol. The minimum absolute atomic E-state index is 0.0726. The molecule has 15 heavy (non-hydrogen) atoms. The molecule has 0 aliphatic heterocycles. The van der Waals surface area contributed by atoms with Crippen molar-refractivity contribution in [2.24, 2.45) is 11.7 Å². The van der Waals surface area contributed by atoms with Gasteiger partial charge in [-0.2, -0.15) is 0 Å². The van der Waals surface area contributed by atoms with E-state index < -0.39 is 5.67 Å². The van der Waals surface area contributed by atoms with E-state index in [0.29, 0.717) is 12.0 Å². The summed E-state index contributed by atoms with van der Waals surface area (Å²) in [6.45, 7) is 3.80. The van der Waals surface area contributed by atoms with Gasteiger partial charge in [0.15, 0.2) is 0 Å². The van der Waals surface area contributed by atoms with Crippen LogP contribution in [-0.2, 0) is 5.67 Å². The molecule has 1 unspecified atom stereocenters. The average molecular weight is 213 g/mol. The van der Waals surface area contributed by atoms with Gasteiger partial charge in [0.25, 0.3) is 0 Å². The predicted molar refractivity (Wildman–Crippen MR) is 57.7 cm³/mol. The fourth-order valence-corrected chi connectivity index (χ4v) is 1.71. The number of nitrogens with two attached hydrogens (primary N) is 1. The normalized spacial score (nSPS) is 15.3. The molecule has 1 atom stereocenters. The van der Waals surface area contributed by atoms with Gasteiger partial charge in [0, 0.05) is 6.54 Å². The summed E-state index contributed by atoms with van der Waals surface area (Å²) in [5.74, 6) is -0.147. The zero-order chi connectivity index (χ0) is 11.5. The van der Waals surface area contributed by atoms with E-state index in [4.69, 9.17) is 5.73 Å². The zero-order valence-corrected chi connectivity index (χ0v) is 9.13. The van der Waals surface area contributed by atoms with Crippen molar-refractivity contribution in [3.8, 4) is 0 Å². The highest BCUT2D eigenvalue weighted by molar-refractivity contribution is 5.23.